The van der Waals surface area contributed by atoms with Crippen molar-refractivity contribution in [2.45, 2.75) is 30.8 Å². The van der Waals surface area contributed by atoms with Gasteiger partial charge in [0.25, 0.3) is 5.91 Å². The average Bonchev–Trinajstić information content (AvgIpc) is 3.09. The van der Waals surface area contributed by atoms with E-state index in [2.05, 4.69) is 0 Å². The Morgan fingerprint density at radius 3 is 2.29 bits per heavy atom. The minimum Gasteiger partial charge on any atom is -0.274 e. The zero-order valence-corrected chi connectivity index (χ0v) is 20.2. The minimum atomic E-state index is -4.39. The molecule has 0 spiro atoms. The van der Waals surface area contributed by atoms with Crippen molar-refractivity contribution in [3.8, 4) is 0 Å². The van der Waals surface area contributed by atoms with Crippen LogP contribution in [0.5, 0.6) is 0 Å². The van der Waals surface area contributed by atoms with Gasteiger partial charge in [0.05, 0.1) is 17.1 Å². The number of anilines is 1. The highest BCUT2D eigenvalue weighted by molar-refractivity contribution is 7.89. The molecule has 0 saturated carbocycles. The van der Waals surface area contributed by atoms with Crippen LogP contribution in [0, 0.1) is 12.7 Å². The van der Waals surface area contributed by atoms with E-state index in [4.69, 9.17) is 23.2 Å². The molecule has 6 nitrogen and oxygen atoms in total. The lowest BCUT2D eigenvalue weighted by Crippen LogP contribution is -2.45. The quantitative estimate of drug-likeness (QED) is 0.430. The van der Waals surface area contributed by atoms with Gasteiger partial charge in [-0.1, -0.05) is 53.0 Å². The van der Waals surface area contributed by atoms with Gasteiger partial charge in [0.15, 0.2) is 0 Å². The Morgan fingerprint density at radius 2 is 1.65 bits per heavy atom. The lowest BCUT2D eigenvalue weighted by molar-refractivity contribution is -0.122. The lowest BCUT2D eigenvalue weighted by atomic mass is 10.2. The van der Waals surface area contributed by atoms with E-state index in [1.807, 2.05) is 6.92 Å². The lowest BCUT2D eigenvalue weighted by Gasteiger charge is -2.27. The summed E-state index contributed by atoms with van der Waals surface area (Å²) in [6, 6.07) is 14.6. The van der Waals surface area contributed by atoms with Crippen LogP contribution in [-0.4, -0.2) is 30.6 Å². The Labute approximate surface area is 206 Å². The summed E-state index contributed by atoms with van der Waals surface area (Å²) >= 11 is 12.2. The number of halogens is 3. The summed E-state index contributed by atoms with van der Waals surface area (Å²) in [4.78, 5) is 26.9. The number of carbonyl (C=O) groups is 2. The van der Waals surface area contributed by atoms with E-state index in [0.29, 0.717) is 11.3 Å². The van der Waals surface area contributed by atoms with Crippen molar-refractivity contribution >= 4 is 50.7 Å². The van der Waals surface area contributed by atoms with Crippen LogP contribution < -0.4 is 4.90 Å². The Kier molecular flexibility index (Phi) is 6.78. The van der Waals surface area contributed by atoms with E-state index in [1.165, 1.54) is 42.5 Å². The zero-order chi connectivity index (χ0) is 24.6. The molecular formula is C24H19Cl2FN2O4S. The fourth-order valence-corrected chi connectivity index (χ4v) is 6.05. The van der Waals surface area contributed by atoms with Gasteiger partial charge in [0, 0.05) is 11.6 Å². The molecule has 3 aromatic carbocycles. The first-order valence-corrected chi connectivity index (χ1v) is 12.4. The van der Waals surface area contributed by atoms with Gasteiger partial charge < -0.3 is 0 Å². The largest absolute Gasteiger partial charge is 0.274 e. The number of hydrogen-bond donors (Lipinski definition) is 0. The molecular weight excluding hydrogens is 502 g/mol. The molecule has 176 valence electrons. The van der Waals surface area contributed by atoms with Crippen LogP contribution in [0.1, 0.15) is 17.5 Å². The van der Waals surface area contributed by atoms with Gasteiger partial charge in [-0.15, -0.1) is 0 Å². The first kappa shape index (κ1) is 24.3. The molecule has 34 heavy (non-hydrogen) atoms. The Morgan fingerprint density at radius 1 is 1.00 bits per heavy atom. The molecule has 10 heteroatoms. The average molecular weight is 521 g/mol. The Balaban J connectivity index is 1.78. The maximum absolute atomic E-state index is 13.7. The summed E-state index contributed by atoms with van der Waals surface area (Å²) in [6.45, 7) is 1.59. The van der Waals surface area contributed by atoms with Crippen molar-refractivity contribution in [1.29, 1.82) is 0 Å². The van der Waals surface area contributed by atoms with Crippen molar-refractivity contribution in [2.24, 2.45) is 0 Å². The summed E-state index contributed by atoms with van der Waals surface area (Å²) in [6.07, 6.45) is -0.356. The van der Waals surface area contributed by atoms with Crippen LogP contribution in [0.3, 0.4) is 0 Å². The number of carbonyl (C=O) groups excluding carboxylic acids is 2. The zero-order valence-electron chi connectivity index (χ0n) is 17.9. The van der Waals surface area contributed by atoms with Crippen molar-refractivity contribution in [3.05, 3.63) is 93.7 Å². The number of nitrogens with zero attached hydrogens (tertiary/aromatic N) is 2. The van der Waals surface area contributed by atoms with Gasteiger partial charge in [-0.25, -0.2) is 17.7 Å². The standard InChI is InChI=1S/C24H19Cl2FN2O4S/c1-15-2-9-19(10-3-15)29-23(30)13-21(24(29)31)28(14-16-4-7-18(27)8-5-16)34(32,33)22-12-17(25)6-11-20(22)26/h2-12,21H,13-14H2,1H3. The molecule has 1 saturated heterocycles. The first-order chi connectivity index (χ1) is 16.1. The third-order valence-electron chi connectivity index (χ3n) is 5.49. The van der Waals surface area contributed by atoms with Gasteiger partial charge in [0.1, 0.15) is 16.8 Å². The second kappa shape index (κ2) is 9.46. The summed E-state index contributed by atoms with van der Waals surface area (Å²) in [7, 11) is -4.39. The summed E-state index contributed by atoms with van der Waals surface area (Å²) in [5.74, 6) is -1.71. The van der Waals surface area contributed by atoms with Crippen LogP contribution in [-0.2, 0) is 26.2 Å². The van der Waals surface area contributed by atoms with E-state index < -0.39 is 33.7 Å². The molecule has 0 bridgehead atoms. The van der Waals surface area contributed by atoms with Crippen LogP contribution in [0.25, 0.3) is 0 Å². The number of benzene rings is 3. The summed E-state index contributed by atoms with van der Waals surface area (Å²) in [5, 5.41) is 0.0560. The molecule has 0 N–H and O–H groups in total. The summed E-state index contributed by atoms with van der Waals surface area (Å²) in [5.41, 5.74) is 1.72. The topological polar surface area (TPSA) is 74.8 Å². The fraction of sp³-hybridized carbons (Fsp3) is 0.167. The number of aryl methyl sites for hydroxylation is 1. The van der Waals surface area contributed by atoms with Gasteiger partial charge >= 0.3 is 0 Å². The number of sulfonamides is 1. The second-order valence-corrected chi connectivity index (χ2v) is 10.6. The molecule has 2 amide bonds. The van der Waals surface area contributed by atoms with E-state index in [-0.39, 0.29) is 27.9 Å². The third-order valence-corrected chi connectivity index (χ3v) is 8.07. The van der Waals surface area contributed by atoms with E-state index in [9.17, 15) is 22.4 Å². The van der Waals surface area contributed by atoms with Gasteiger partial charge in [-0.05, 0) is 55.0 Å². The minimum absolute atomic E-state index is 0.0827. The summed E-state index contributed by atoms with van der Waals surface area (Å²) < 4.78 is 41.8. The number of hydrogen-bond acceptors (Lipinski definition) is 4. The molecule has 1 unspecified atom stereocenters. The number of imide groups is 1. The number of rotatable bonds is 6. The van der Waals surface area contributed by atoms with Gasteiger partial charge in [-0.3, -0.25) is 9.59 Å². The molecule has 1 heterocycles. The van der Waals surface area contributed by atoms with Crippen molar-refractivity contribution in [2.75, 3.05) is 4.90 Å². The second-order valence-electron chi connectivity index (χ2n) is 7.87. The van der Waals surface area contributed by atoms with Crippen molar-refractivity contribution in [3.63, 3.8) is 0 Å². The molecule has 4 rings (SSSR count). The Hall–Kier alpha value is -2.78. The maximum atomic E-state index is 13.7. The molecule has 3 aromatic rings. The highest BCUT2D eigenvalue weighted by atomic mass is 35.5. The highest BCUT2D eigenvalue weighted by Crippen LogP contribution is 2.34. The molecule has 0 radical (unpaired) electrons. The van der Waals surface area contributed by atoms with E-state index in [1.54, 1.807) is 24.3 Å². The molecule has 1 aliphatic heterocycles. The van der Waals surface area contributed by atoms with Crippen LogP contribution >= 0.6 is 23.2 Å². The smallest absolute Gasteiger partial charge is 0.252 e. The highest BCUT2D eigenvalue weighted by Gasteiger charge is 2.47. The van der Waals surface area contributed by atoms with Crippen LogP contribution in [0.4, 0.5) is 10.1 Å². The molecule has 1 atom stereocenters. The van der Waals surface area contributed by atoms with Crippen LogP contribution in [0.15, 0.2) is 71.6 Å². The normalized spacial score (nSPS) is 16.5. The van der Waals surface area contributed by atoms with Crippen LogP contribution in [0.2, 0.25) is 10.0 Å². The third kappa shape index (κ3) is 4.72. The molecule has 1 aliphatic rings. The molecule has 1 fully saturated rings. The first-order valence-electron chi connectivity index (χ1n) is 10.2. The maximum Gasteiger partial charge on any atom is 0.252 e. The van der Waals surface area contributed by atoms with Crippen molar-refractivity contribution < 1.29 is 22.4 Å². The van der Waals surface area contributed by atoms with E-state index in [0.717, 1.165) is 14.8 Å². The van der Waals surface area contributed by atoms with Crippen molar-refractivity contribution in [1.82, 2.24) is 4.31 Å². The van der Waals surface area contributed by atoms with E-state index >= 15 is 0 Å². The predicted molar refractivity (Wildman–Crippen MR) is 128 cm³/mol. The molecule has 0 aromatic heterocycles. The SMILES string of the molecule is Cc1ccc(N2C(=O)CC(N(Cc3ccc(F)cc3)S(=O)(=O)c3cc(Cl)ccc3Cl)C2=O)cc1. The fourth-order valence-electron chi connectivity index (χ4n) is 3.74. The molecule has 0 aliphatic carbocycles. The monoisotopic (exact) mass is 520 g/mol. The Bertz CT molecular complexity index is 1360. The predicted octanol–water partition coefficient (Wildman–Crippen LogP) is 4.96. The number of amides is 2. The van der Waals surface area contributed by atoms with Gasteiger partial charge in [0.2, 0.25) is 15.9 Å². The van der Waals surface area contributed by atoms with Gasteiger partial charge in [-0.2, -0.15) is 4.31 Å².